The molecule has 0 bridgehead atoms. The minimum atomic E-state index is 0. The number of hydrogen-bond acceptors (Lipinski definition) is 8. The molecule has 1 fully saturated rings. The summed E-state index contributed by atoms with van der Waals surface area (Å²) in [6, 6.07) is 8.07. The van der Waals surface area contributed by atoms with Gasteiger partial charge in [0.25, 0.3) is 0 Å². The lowest BCUT2D eigenvalue weighted by atomic mass is 10.1. The zero-order valence-electron chi connectivity index (χ0n) is 17.2. The summed E-state index contributed by atoms with van der Waals surface area (Å²) in [5.41, 5.74) is 10.3. The van der Waals surface area contributed by atoms with Crippen molar-refractivity contribution in [3.05, 3.63) is 54.0 Å². The third-order valence-electron chi connectivity index (χ3n) is 5.11. The van der Waals surface area contributed by atoms with Crippen molar-refractivity contribution in [3.63, 3.8) is 0 Å². The van der Waals surface area contributed by atoms with Crippen LogP contribution in [-0.2, 0) is 0 Å². The van der Waals surface area contributed by atoms with Crippen molar-refractivity contribution in [2.45, 2.75) is 39.7 Å². The maximum absolute atomic E-state index is 5.86. The molecule has 0 aliphatic carbocycles. The highest BCUT2D eigenvalue weighted by Crippen LogP contribution is 2.22. The van der Waals surface area contributed by atoms with Crippen molar-refractivity contribution >= 4 is 34.5 Å². The smallest absolute Gasteiger partial charge is 0.154 e. The van der Waals surface area contributed by atoms with Gasteiger partial charge in [0, 0.05) is 36.3 Å². The van der Waals surface area contributed by atoms with Crippen LogP contribution in [0.25, 0.3) is 16.6 Å². The van der Waals surface area contributed by atoms with Gasteiger partial charge in [0.05, 0.1) is 23.3 Å². The monoisotopic (exact) mass is 418 g/mol. The SMILES string of the molecule is C.CC(C)c1cnnc(Nc2ccc3ncc(C(C=N[C@@H]4CCNC4)=CN)cc3n2)c1. The molecule has 0 radical (unpaired) electrons. The molecule has 0 saturated carbocycles. The molecule has 0 spiro atoms. The first kappa shape index (κ1) is 22.3. The van der Waals surface area contributed by atoms with Crippen LogP contribution >= 0.6 is 0 Å². The Kier molecular flexibility index (Phi) is 7.25. The zero-order valence-corrected chi connectivity index (χ0v) is 17.2. The van der Waals surface area contributed by atoms with Gasteiger partial charge in [-0.25, -0.2) is 4.98 Å². The van der Waals surface area contributed by atoms with Gasteiger partial charge in [-0.3, -0.25) is 9.98 Å². The van der Waals surface area contributed by atoms with Gasteiger partial charge < -0.3 is 16.4 Å². The maximum Gasteiger partial charge on any atom is 0.154 e. The minimum Gasteiger partial charge on any atom is -0.404 e. The molecule has 1 saturated heterocycles. The lowest BCUT2D eigenvalue weighted by Gasteiger charge is -2.09. The molecule has 31 heavy (non-hydrogen) atoms. The van der Waals surface area contributed by atoms with E-state index in [1.165, 1.54) is 0 Å². The fourth-order valence-electron chi connectivity index (χ4n) is 3.29. The van der Waals surface area contributed by atoms with E-state index in [1.807, 2.05) is 30.5 Å². The lowest BCUT2D eigenvalue weighted by Crippen LogP contribution is -2.11. The first-order valence-corrected chi connectivity index (χ1v) is 10.1. The van der Waals surface area contributed by atoms with Crippen LogP contribution in [0.4, 0.5) is 11.6 Å². The number of nitrogens with one attached hydrogen (secondary N) is 2. The normalized spacial score (nSPS) is 16.7. The molecule has 3 aromatic heterocycles. The summed E-state index contributed by atoms with van der Waals surface area (Å²) in [4.78, 5) is 13.9. The van der Waals surface area contributed by atoms with Gasteiger partial charge in [0.15, 0.2) is 5.82 Å². The zero-order chi connectivity index (χ0) is 20.9. The van der Waals surface area contributed by atoms with Crippen molar-refractivity contribution in [2.24, 2.45) is 10.7 Å². The fourth-order valence-corrected chi connectivity index (χ4v) is 3.29. The highest BCUT2D eigenvalue weighted by molar-refractivity contribution is 6.10. The molecule has 8 nitrogen and oxygen atoms in total. The Morgan fingerprint density at radius 3 is 2.84 bits per heavy atom. The molecule has 4 rings (SSSR count). The van der Waals surface area contributed by atoms with E-state index in [4.69, 9.17) is 10.7 Å². The minimum absolute atomic E-state index is 0. The number of hydrogen-bond donors (Lipinski definition) is 3. The molecule has 4 heterocycles. The van der Waals surface area contributed by atoms with E-state index < -0.39 is 0 Å². The molecule has 1 aliphatic rings. The van der Waals surface area contributed by atoms with Gasteiger partial charge in [-0.05, 0) is 48.7 Å². The summed E-state index contributed by atoms with van der Waals surface area (Å²) < 4.78 is 0. The number of nitrogens with zero attached hydrogens (tertiary/aromatic N) is 5. The Balaban J connectivity index is 0.00000272. The number of aliphatic imine (C=N–C) groups is 1. The van der Waals surface area contributed by atoms with Gasteiger partial charge in [0.2, 0.25) is 0 Å². The van der Waals surface area contributed by atoms with Crippen molar-refractivity contribution in [2.75, 3.05) is 18.4 Å². The van der Waals surface area contributed by atoms with E-state index >= 15 is 0 Å². The summed E-state index contributed by atoms with van der Waals surface area (Å²) in [6.45, 7) is 6.15. The van der Waals surface area contributed by atoms with Crippen LogP contribution in [0.1, 0.15) is 44.7 Å². The molecule has 3 aromatic rings. The molecule has 0 aromatic carbocycles. The highest BCUT2D eigenvalue weighted by atomic mass is 15.2. The Labute approximate surface area is 183 Å². The topological polar surface area (TPSA) is 114 Å². The van der Waals surface area contributed by atoms with Gasteiger partial charge in [-0.1, -0.05) is 21.3 Å². The third-order valence-corrected chi connectivity index (χ3v) is 5.11. The summed E-state index contributed by atoms with van der Waals surface area (Å²) in [6.07, 6.45) is 8.01. The van der Waals surface area contributed by atoms with Crippen LogP contribution in [0.5, 0.6) is 0 Å². The Hall–Kier alpha value is -3.39. The van der Waals surface area contributed by atoms with Gasteiger partial charge >= 0.3 is 0 Å². The molecule has 162 valence electrons. The lowest BCUT2D eigenvalue weighted by molar-refractivity contribution is 0.748. The molecule has 0 unspecified atom stereocenters. The standard InChI is InChI=1S/C22H26N8.CH4/c1-14(2)15-8-22(30-27-12-15)29-21-4-3-19-20(28-21)7-16(10-26-19)17(9-23)11-25-18-5-6-24-13-18;/h3-4,7-12,14,18,24H,5-6,13,23H2,1-2H3,(H,28,29,30);1H4/t18-;/m1./s1. The van der Waals surface area contributed by atoms with Crippen LogP contribution < -0.4 is 16.4 Å². The summed E-state index contributed by atoms with van der Waals surface area (Å²) in [7, 11) is 0. The maximum atomic E-state index is 5.86. The molecule has 0 amide bonds. The van der Waals surface area contributed by atoms with Gasteiger partial charge in [-0.2, -0.15) is 5.10 Å². The van der Waals surface area contributed by atoms with Crippen LogP contribution in [0, 0.1) is 0 Å². The van der Waals surface area contributed by atoms with E-state index in [-0.39, 0.29) is 7.43 Å². The van der Waals surface area contributed by atoms with E-state index in [2.05, 4.69) is 44.7 Å². The van der Waals surface area contributed by atoms with Crippen molar-refractivity contribution in [3.8, 4) is 0 Å². The second-order valence-electron chi connectivity index (χ2n) is 7.66. The first-order chi connectivity index (χ1) is 14.6. The van der Waals surface area contributed by atoms with Crippen molar-refractivity contribution < 1.29 is 0 Å². The van der Waals surface area contributed by atoms with Crippen molar-refractivity contribution in [1.29, 1.82) is 0 Å². The third kappa shape index (κ3) is 5.40. The molecule has 8 heteroatoms. The van der Waals surface area contributed by atoms with E-state index in [9.17, 15) is 0 Å². The number of fused-ring (bicyclic) bond motifs is 1. The first-order valence-electron chi connectivity index (χ1n) is 10.1. The number of aromatic nitrogens is 4. The predicted molar refractivity (Wildman–Crippen MR) is 128 cm³/mol. The molecular formula is C23H30N8. The quantitative estimate of drug-likeness (QED) is 0.523. The Morgan fingerprint density at radius 2 is 2.10 bits per heavy atom. The van der Waals surface area contributed by atoms with Crippen LogP contribution in [0.15, 0.2) is 47.9 Å². The average molecular weight is 419 g/mol. The van der Waals surface area contributed by atoms with Crippen LogP contribution in [0.2, 0.25) is 0 Å². The highest BCUT2D eigenvalue weighted by Gasteiger charge is 2.12. The fraction of sp³-hybridized carbons (Fsp3) is 0.348. The van der Waals surface area contributed by atoms with Crippen molar-refractivity contribution in [1.82, 2.24) is 25.5 Å². The number of rotatable bonds is 6. The average Bonchev–Trinajstić information content (AvgIpc) is 3.28. The van der Waals surface area contributed by atoms with E-state index in [1.54, 1.807) is 18.6 Å². The predicted octanol–water partition coefficient (Wildman–Crippen LogP) is 3.66. The Morgan fingerprint density at radius 1 is 1.23 bits per heavy atom. The molecule has 4 N–H and O–H groups in total. The molecule has 1 aliphatic heterocycles. The van der Waals surface area contributed by atoms with Gasteiger partial charge in [0.1, 0.15) is 5.82 Å². The van der Waals surface area contributed by atoms with Crippen LogP contribution in [0.3, 0.4) is 0 Å². The Bertz CT molecular complexity index is 1080. The number of pyridine rings is 2. The van der Waals surface area contributed by atoms with E-state index in [0.717, 1.165) is 47.2 Å². The largest absolute Gasteiger partial charge is 0.404 e. The summed E-state index contributed by atoms with van der Waals surface area (Å²) in [5.74, 6) is 1.72. The van der Waals surface area contributed by atoms with Crippen LogP contribution in [-0.4, -0.2) is 45.5 Å². The molecular weight excluding hydrogens is 388 g/mol. The summed E-state index contributed by atoms with van der Waals surface area (Å²) in [5, 5.41) is 14.8. The number of anilines is 2. The summed E-state index contributed by atoms with van der Waals surface area (Å²) >= 11 is 0. The molecule has 1 atom stereocenters. The van der Waals surface area contributed by atoms with E-state index in [0.29, 0.717) is 23.6 Å². The second kappa shape index (κ2) is 10.1. The van der Waals surface area contributed by atoms with Gasteiger partial charge in [-0.15, -0.1) is 5.10 Å². The second-order valence-corrected chi connectivity index (χ2v) is 7.66. The number of allylic oxidation sites excluding steroid dienone is 1. The number of nitrogens with two attached hydrogens (primary N) is 1.